The molecule has 3 aromatic rings. The Labute approximate surface area is 165 Å². The van der Waals surface area contributed by atoms with Crippen LogP contribution in [0.25, 0.3) is 0 Å². The topological polar surface area (TPSA) is 90.7 Å². The number of nitrogens with zero attached hydrogens (tertiary/aromatic N) is 1. The lowest BCUT2D eigenvalue weighted by Gasteiger charge is -2.09. The third kappa shape index (κ3) is 5.21. The average Bonchev–Trinajstić information content (AvgIpc) is 2.69. The van der Waals surface area contributed by atoms with Gasteiger partial charge in [0.1, 0.15) is 12.4 Å². The van der Waals surface area contributed by atoms with Crippen LogP contribution in [0.15, 0.2) is 72.8 Å². The molecule has 142 valence electrons. The number of carbonyl (C=O) groups is 1. The van der Waals surface area contributed by atoms with Gasteiger partial charge in [-0.2, -0.15) is 0 Å². The Morgan fingerprint density at radius 1 is 1.04 bits per heavy atom. The molecule has 0 aromatic heterocycles. The number of anilines is 1. The third-order valence-corrected chi connectivity index (χ3v) is 3.90. The maximum Gasteiger partial charge on any atom is 0.411 e. The van der Waals surface area contributed by atoms with Crippen LogP contribution in [-0.4, -0.2) is 11.0 Å². The monoisotopic (exact) mass is 398 g/mol. The van der Waals surface area contributed by atoms with E-state index in [0.29, 0.717) is 22.0 Å². The summed E-state index contributed by atoms with van der Waals surface area (Å²) >= 11 is 5.78. The molecule has 7 nitrogen and oxygen atoms in total. The van der Waals surface area contributed by atoms with Gasteiger partial charge in [0, 0.05) is 16.8 Å². The molecule has 0 fully saturated rings. The summed E-state index contributed by atoms with van der Waals surface area (Å²) in [6.45, 7) is -0.133. The molecule has 0 radical (unpaired) electrons. The highest BCUT2D eigenvalue weighted by Crippen LogP contribution is 2.32. The van der Waals surface area contributed by atoms with E-state index in [1.165, 1.54) is 12.1 Å². The minimum atomic E-state index is -0.686. The Balaban J connectivity index is 1.65. The van der Waals surface area contributed by atoms with E-state index in [1.807, 2.05) is 6.07 Å². The molecular weight excluding hydrogens is 384 g/mol. The lowest BCUT2D eigenvalue weighted by atomic mass is 10.2. The molecule has 1 amide bonds. The lowest BCUT2D eigenvalue weighted by Crippen LogP contribution is -2.13. The zero-order valence-corrected chi connectivity index (χ0v) is 15.3. The van der Waals surface area contributed by atoms with Gasteiger partial charge in [0.25, 0.3) is 0 Å². The van der Waals surface area contributed by atoms with Crippen molar-refractivity contribution in [3.63, 3.8) is 0 Å². The first-order valence-electron chi connectivity index (χ1n) is 8.21. The van der Waals surface area contributed by atoms with E-state index in [1.54, 1.807) is 54.6 Å². The van der Waals surface area contributed by atoms with Crippen molar-refractivity contribution in [2.45, 2.75) is 6.61 Å². The summed E-state index contributed by atoms with van der Waals surface area (Å²) in [4.78, 5) is 22.7. The van der Waals surface area contributed by atoms with Crippen LogP contribution in [0, 0.1) is 10.1 Å². The summed E-state index contributed by atoms with van der Waals surface area (Å²) in [5, 5.41) is 14.5. The number of nitrogens with one attached hydrogen (secondary N) is 1. The lowest BCUT2D eigenvalue weighted by molar-refractivity contribution is -0.385. The van der Waals surface area contributed by atoms with E-state index in [4.69, 9.17) is 21.1 Å². The van der Waals surface area contributed by atoms with Gasteiger partial charge in [-0.05, 0) is 48.0 Å². The quantitative estimate of drug-likeness (QED) is 0.419. The summed E-state index contributed by atoms with van der Waals surface area (Å²) in [6.07, 6.45) is -0.686. The highest BCUT2D eigenvalue weighted by molar-refractivity contribution is 6.30. The van der Waals surface area contributed by atoms with Crippen LogP contribution in [0.1, 0.15) is 5.56 Å². The minimum Gasteiger partial charge on any atom is -0.450 e. The fourth-order valence-electron chi connectivity index (χ4n) is 2.33. The van der Waals surface area contributed by atoms with Crippen LogP contribution in [0.2, 0.25) is 5.02 Å². The van der Waals surface area contributed by atoms with Crippen molar-refractivity contribution in [1.29, 1.82) is 0 Å². The predicted molar refractivity (Wildman–Crippen MR) is 105 cm³/mol. The van der Waals surface area contributed by atoms with Gasteiger partial charge in [-0.3, -0.25) is 15.4 Å². The van der Waals surface area contributed by atoms with Gasteiger partial charge in [-0.25, -0.2) is 4.79 Å². The van der Waals surface area contributed by atoms with Gasteiger partial charge in [0.05, 0.1) is 4.92 Å². The van der Waals surface area contributed by atoms with Crippen LogP contribution in [0.3, 0.4) is 0 Å². The molecule has 0 unspecified atom stereocenters. The highest BCUT2D eigenvalue weighted by atomic mass is 35.5. The molecule has 0 heterocycles. The fraction of sp³-hybridized carbons (Fsp3) is 0.0500. The molecule has 1 N–H and O–H groups in total. The number of amides is 1. The number of rotatable bonds is 6. The van der Waals surface area contributed by atoms with Gasteiger partial charge in [0.15, 0.2) is 0 Å². The molecule has 0 saturated heterocycles. The number of ether oxygens (including phenoxy) is 2. The smallest absolute Gasteiger partial charge is 0.411 e. The molecular formula is C20H15ClN2O5. The molecule has 3 aromatic carbocycles. The second kappa shape index (κ2) is 8.88. The maximum atomic E-state index is 11.9. The van der Waals surface area contributed by atoms with Crippen LogP contribution in [0.5, 0.6) is 11.5 Å². The van der Waals surface area contributed by atoms with Crippen molar-refractivity contribution in [3.05, 3.63) is 93.5 Å². The van der Waals surface area contributed by atoms with Gasteiger partial charge in [0.2, 0.25) is 5.75 Å². The van der Waals surface area contributed by atoms with Gasteiger partial charge in [-0.15, -0.1) is 0 Å². The van der Waals surface area contributed by atoms with Crippen LogP contribution >= 0.6 is 11.6 Å². The van der Waals surface area contributed by atoms with Crippen molar-refractivity contribution < 1.29 is 19.2 Å². The van der Waals surface area contributed by atoms with Crippen LogP contribution < -0.4 is 10.1 Å². The molecule has 8 heteroatoms. The first-order valence-corrected chi connectivity index (χ1v) is 8.58. The summed E-state index contributed by atoms with van der Waals surface area (Å²) in [5.41, 5.74) is 0.758. The van der Waals surface area contributed by atoms with E-state index < -0.39 is 11.0 Å². The average molecular weight is 399 g/mol. The van der Waals surface area contributed by atoms with Crippen molar-refractivity contribution in [3.8, 4) is 11.5 Å². The standard InChI is InChI=1S/C20H15ClN2O5/c21-15-7-9-16(10-8-15)22-20(24)27-13-14-6-11-19(18(12-14)23(25)26)28-17-4-2-1-3-5-17/h1-12H,13H2,(H,22,24). The Morgan fingerprint density at radius 3 is 2.43 bits per heavy atom. The molecule has 0 spiro atoms. The van der Waals surface area contributed by atoms with Gasteiger partial charge in [-0.1, -0.05) is 35.9 Å². The number of hydrogen-bond acceptors (Lipinski definition) is 5. The molecule has 0 bridgehead atoms. The second-order valence-electron chi connectivity index (χ2n) is 5.68. The number of nitro benzene ring substituents is 1. The van der Waals surface area contributed by atoms with E-state index in [2.05, 4.69) is 5.32 Å². The predicted octanol–water partition coefficient (Wildman–Crippen LogP) is 5.79. The normalized spacial score (nSPS) is 10.2. The second-order valence-corrected chi connectivity index (χ2v) is 6.12. The molecule has 0 atom stereocenters. The molecule has 28 heavy (non-hydrogen) atoms. The number of carbonyl (C=O) groups excluding carboxylic acids is 1. The number of halogens is 1. The number of benzene rings is 3. The highest BCUT2D eigenvalue weighted by Gasteiger charge is 2.17. The van der Waals surface area contributed by atoms with Gasteiger partial charge < -0.3 is 9.47 Å². The van der Waals surface area contributed by atoms with E-state index in [0.717, 1.165) is 0 Å². The summed E-state index contributed by atoms with van der Waals surface area (Å²) in [6, 6.07) is 19.6. The Hall–Kier alpha value is -3.58. The number of para-hydroxylation sites is 1. The molecule has 3 rings (SSSR count). The van der Waals surface area contributed by atoms with Crippen LogP contribution in [-0.2, 0) is 11.3 Å². The zero-order chi connectivity index (χ0) is 19.9. The van der Waals surface area contributed by atoms with E-state index >= 15 is 0 Å². The SMILES string of the molecule is O=C(Nc1ccc(Cl)cc1)OCc1ccc(Oc2ccccc2)c([N+](=O)[O-])c1. The molecule has 0 aliphatic carbocycles. The molecule has 0 aliphatic heterocycles. The van der Waals surface area contributed by atoms with Crippen molar-refractivity contribution in [1.82, 2.24) is 0 Å². The number of nitro groups is 1. The summed E-state index contributed by atoms with van der Waals surface area (Å²) in [5.74, 6) is 0.586. The zero-order valence-electron chi connectivity index (χ0n) is 14.5. The largest absolute Gasteiger partial charge is 0.450 e. The number of hydrogen-bond donors (Lipinski definition) is 1. The first-order chi connectivity index (χ1) is 13.5. The Morgan fingerprint density at radius 2 is 1.75 bits per heavy atom. The van der Waals surface area contributed by atoms with E-state index in [-0.39, 0.29) is 18.0 Å². The summed E-state index contributed by atoms with van der Waals surface area (Å²) in [7, 11) is 0. The van der Waals surface area contributed by atoms with Crippen LogP contribution in [0.4, 0.5) is 16.2 Å². The fourth-order valence-corrected chi connectivity index (χ4v) is 2.46. The Bertz CT molecular complexity index is 978. The molecule has 0 saturated carbocycles. The van der Waals surface area contributed by atoms with Crippen molar-refractivity contribution in [2.75, 3.05) is 5.32 Å². The molecule has 0 aliphatic rings. The third-order valence-electron chi connectivity index (χ3n) is 3.65. The van der Waals surface area contributed by atoms with Crippen molar-refractivity contribution >= 4 is 29.1 Å². The van der Waals surface area contributed by atoms with E-state index in [9.17, 15) is 14.9 Å². The summed E-state index contributed by atoms with van der Waals surface area (Å²) < 4.78 is 10.7. The Kier molecular flexibility index (Phi) is 6.08. The first kappa shape index (κ1) is 19.2. The minimum absolute atomic E-state index is 0.102. The van der Waals surface area contributed by atoms with Crippen molar-refractivity contribution in [2.24, 2.45) is 0 Å². The van der Waals surface area contributed by atoms with Gasteiger partial charge >= 0.3 is 11.8 Å². The maximum absolute atomic E-state index is 11.9.